The molecule has 0 saturated heterocycles. The van der Waals surface area contributed by atoms with Gasteiger partial charge >= 0.3 is 0 Å². The highest BCUT2D eigenvalue weighted by molar-refractivity contribution is 9.08. The normalized spacial score (nSPS) is 10.2. The van der Waals surface area contributed by atoms with E-state index in [0.717, 1.165) is 11.1 Å². The quantitative estimate of drug-likeness (QED) is 0.514. The molecule has 5 nitrogen and oxygen atoms in total. The van der Waals surface area contributed by atoms with Gasteiger partial charge in [0, 0.05) is 17.1 Å². The summed E-state index contributed by atoms with van der Waals surface area (Å²) < 4.78 is 0. The predicted molar refractivity (Wildman–Crippen MR) is 84.9 cm³/mol. The number of halogens is 1. The number of amides is 1. The maximum Gasteiger partial charge on any atom is 0.282 e. The van der Waals surface area contributed by atoms with Crippen LogP contribution in [0.15, 0.2) is 42.5 Å². The van der Waals surface area contributed by atoms with Crippen LogP contribution in [-0.2, 0) is 5.33 Å². The summed E-state index contributed by atoms with van der Waals surface area (Å²) >= 11 is 3.34. The van der Waals surface area contributed by atoms with Gasteiger partial charge in [-0.05, 0) is 30.2 Å². The fourth-order valence-corrected chi connectivity index (χ4v) is 2.43. The molecule has 21 heavy (non-hydrogen) atoms. The van der Waals surface area contributed by atoms with Gasteiger partial charge in [-0.2, -0.15) is 0 Å². The number of rotatable bonds is 4. The maximum absolute atomic E-state index is 12.3. The van der Waals surface area contributed by atoms with Gasteiger partial charge in [-0.3, -0.25) is 14.9 Å². The van der Waals surface area contributed by atoms with E-state index < -0.39 is 10.8 Å². The molecule has 0 saturated carbocycles. The number of nitro groups is 1. The lowest BCUT2D eigenvalue weighted by Gasteiger charge is -2.10. The number of alkyl halides is 1. The van der Waals surface area contributed by atoms with E-state index in [1.165, 1.54) is 12.1 Å². The Morgan fingerprint density at radius 3 is 2.67 bits per heavy atom. The lowest BCUT2D eigenvalue weighted by Crippen LogP contribution is -2.15. The molecule has 0 radical (unpaired) electrons. The number of para-hydroxylation sites is 1. The summed E-state index contributed by atoms with van der Waals surface area (Å²) in [6.07, 6.45) is 0. The number of nitrogens with one attached hydrogen (secondary N) is 1. The van der Waals surface area contributed by atoms with Crippen molar-refractivity contribution >= 4 is 33.2 Å². The van der Waals surface area contributed by atoms with Crippen LogP contribution in [0.4, 0.5) is 11.4 Å². The van der Waals surface area contributed by atoms with Crippen molar-refractivity contribution in [2.75, 3.05) is 5.32 Å². The van der Waals surface area contributed by atoms with Gasteiger partial charge in [0.1, 0.15) is 5.56 Å². The summed E-state index contributed by atoms with van der Waals surface area (Å²) in [6.45, 7) is 1.78. The third-order valence-electron chi connectivity index (χ3n) is 3.00. The minimum absolute atomic E-state index is 0.0596. The largest absolute Gasteiger partial charge is 0.321 e. The Balaban J connectivity index is 2.37. The van der Waals surface area contributed by atoms with Crippen LogP contribution >= 0.6 is 15.9 Å². The second-order valence-corrected chi connectivity index (χ2v) is 5.08. The van der Waals surface area contributed by atoms with E-state index in [2.05, 4.69) is 21.2 Å². The van der Waals surface area contributed by atoms with Gasteiger partial charge < -0.3 is 5.32 Å². The van der Waals surface area contributed by atoms with Gasteiger partial charge in [0.2, 0.25) is 0 Å². The van der Waals surface area contributed by atoms with Crippen molar-refractivity contribution in [1.29, 1.82) is 0 Å². The number of aryl methyl sites for hydroxylation is 1. The molecule has 0 aromatic heterocycles. The third kappa shape index (κ3) is 3.46. The molecule has 2 rings (SSSR count). The van der Waals surface area contributed by atoms with E-state index in [1.807, 2.05) is 12.1 Å². The van der Waals surface area contributed by atoms with Crippen molar-refractivity contribution in [3.05, 3.63) is 69.3 Å². The van der Waals surface area contributed by atoms with E-state index in [4.69, 9.17) is 0 Å². The summed E-state index contributed by atoms with van der Waals surface area (Å²) in [6, 6.07) is 11.8. The van der Waals surface area contributed by atoms with E-state index in [0.29, 0.717) is 11.0 Å². The van der Waals surface area contributed by atoms with Crippen molar-refractivity contribution in [3.8, 4) is 0 Å². The lowest BCUT2D eigenvalue weighted by atomic mass is 10.1. The fraction of sp³-hybridized carbons (Fsp3) is 0.133. The number of carbonyl (C=O) groups is 1. The highest BCUT2D eigenvalue weighted by atomic mass is 79.9. The van der Waals surface area contributed by atoms with Crippen molar-refractivity contribution in [3.63, 3.8) is 0 Å². The van der Waals surface area contributed by atoms with Crippen LogP contribution < -0.4 is 5.32 Å². The van der Waals surface area contributed by atoms with Crippen molar-refractivity contribution in [2.45, 2.75) is 12.3 Å². The van der Waals surface area contributed by atoms with E-state index in [9.17, 15) is 14.9 Å². The third-order valence-corrected chi connectivity index (χ3v) is 3.61. The molecule has 0 atom stereocenters. The molecule has 0 spiro atoms. The molecule has 0 fully saturated rings. The first-order valence-electron chi connectivity index (χ1n) is 6.23. The fourth-order valence-electron chi connectivity index (χ4n) is 1.94. The summed E-state index contributed by atoms with van der Waals surface area (Å²) in [5, 5.41) is 14.3. The van der Waals surface area contributed by atoms with Gasteiger partial charge in [0.25, 0.3) is 11.6 Å². The molecule has 0 bridgehead atoms. The molecule has 0 heterocycles. The molecule has 0 aliphatic rings. The van der Waals surface area contributed by atoms with E-state index >= 15 is 0 Å². The first-order chi connectivity index (χ1) is 10.0. The second-order valence-electron chi connectivity index (χ2n) is 4.52. The molecule has 0 aliphatic heterocycles. The summed E-state index contributed by atoms with van der Waals surface area (Å²) in [5.41, 5.74) is 2.19. The molecule has 6 heteroatoms. The van der Waals surface area contributed by atoms with Crippen molar-refractivity contribution in [1.82, 2.24) is 0 Å². The Morgan fingerprint density at radius 2 is 2.00 bits per heavy atom. The van der Waals surface area contributed by atoms with Crippen LogP contribution in [0.1, 0.15) is 21.5 Å². The second kappa shape index (κ2) is 6.49. The Bertz CT molecular complexity index is 701. The number of nitro benzene ring substituents is 1. The Kier molecular flexibility index (Phi) is 4.70. The SMILES string of the molecule is Cc1ccc([N+](=O)[O-])c(C(=O)Nc2ccccc2CBr)c1. The highest BCUT2D eigenvalue weighted by Crippen LogP contribution is 2.23. The van der Waals surface area contributed by atoms with E-state index in [1.54, 1.807) is 25.1 Å². The summed E-state index contributed by atoms with van der Waals surface area (Å²) in [4.78, 5) is 22.8. The van der Waals surface area contributed by atoms with Crippen LogP contribution in [0.3, 0.4) is 0 Å². The molecular weight excluding hydrogens is 336 g/mol. The van der Waals surface area contributed by atoms with Crippen LogP contribution in [0.5, 0.6) is 0 Å². The van der Waals surface area contributed by atoms with Crippen LogP contribution in [-0.4, -0.2) is 10.8 Å². The summed E-state index contributed by atoms with van der Waals surface area (Å²) in [5.74, 6) is -0.487. The average Bonchev–Trinajstić information content (AvgIpc) is 2.47. The number of hydrogen-bond donors (Lipinski definition) is 1. The smallest absolute Gasteiger partial charge is 0.282 e. The highest BCUT2D eigenvalue weighted by Gasteiger charge is 2.20. The Morgan fingerprint density at radius 1 is 1.29 bits per heavy atom. The van der Waals surface area contributed by atoms with Crippen LogP contribution in [0.2, 0.25) is 0 Å². The van der Waals surface area contributed by atoms with Crippen molar-refractivity contribution < 1.29 is 9.72 Å². The molecule has 2 aromatic rings. The van der Waals surface area contributed by atoms with Crippen molar-refractivity contribution in [2.24, 2.45) is 0 Å². The van der Waals surface area contributed by atoms with Crippen LogP contribution in [0, 0.1) is 17.0 Å². The Labute approximate surface area is 130 Å². The number of carbonyl (C=O) groups excluding carboxylic acids is 1. The first kappa shape index (κ1) is 15.2. The molecule has 2 aromatic carbocycles. The van der Waals surface area contributed by atoms with Gasteiger partial charge in [-0.1, -0.05) is 40.2 Å². The molecule has 1 N–H and O–H groups in total. The molecule has 0 aliphatic carbocycles. The number of benzene rings is 2. The molecule has 0 unspecified atom stereocenters. The van der Waals surface area contributed by atoms with Gasteiger partial charge in [-0.25, -0.2) is 0 Å². The monoisotopic (exact) mass is 348 g/mol. The zero-order valence-corrected chi connectivity index (χ0v) is 12.9. The molecular formula is C15H13BrN2O3. The number of nitrogens with zero attached hydrogens (tertiary/aromatic N) is 1. The first-order valence-corrected chi connectivity index (χ1v) is 7.35. The van der Waals surface area contributed by atoms with Gasteiger partial charge in [0.15, 0.2) is 0 Å². The zero-order chi connectivity index (χ0) is 15.4. The minimum Gasteiger partial charge on any atom is -0.321 e. The topological polar surface area (TPSA) is 72.2 Å². The average molecular weight is 349 g/mol. The minimum atomic E-state index is -0.551. The number of hydrogen-bond acceptors (Lipinski definition) is 3. The maximum atomic E-state index is 12.3. The summed E-state index contributed by atoms with van der Waals surface area (Å²) in [7, 11) is 0. The predicted octanol–water partition coefficient (Wildman–Crippen LogP) is 4.05. The lowest BCUT2D eigenvalue weighted by molar-refractivity contribution is -0.385. The standard InChI is InChI=1S/C15H13BrN2O3/c1-10-6-7-14(18(20)21)12(8-10)15(19)17-13-5-3-2-4-11(13)9-16/h2-8H,9H2,1H3,(H,17,19). The van der Waals surface area contributed by atoms with E-state index in [-0.39, 0.29) is 11.3 Å². The molecule has 1 amide bonds. The Hall–Kier alpha value is -2.21. The zero-order valence-electron chi connectivity index (χ0n) is 11.3. The molecule has 108 valence electrons. The van der Waals surface area contributed by atoms with Gasteiger partial charge in [-0.15, -0.1) is 0 Å². The van der Waals surface area contributed by atoms with Crippen LogP contribution in [0.25, 0.3) is 0 Å². The number of anilines is 1. The van der Waals surface area contributed by atoms with Gasteiger partial charge in [0.05, 0.1) is 4.92 Å².